The summed E-state index contributed by atoms with van der Waals surface area (Å²) in [7, 11) is 2.06. The average molecular weight is 212 g/mol. The van der Waals surface area contributed by atoms with Crippen molar-refractivity contribution in [2.75, 3.05) is 26.7 Å². The first-order chi connectivity index (χ1) is 6.83. The number of carbonyl (C=O) groups excluding carboxylic acids is 2. The third-order valence-electron chi connectivity index (χ3n) is 3.07. The van der Waals surface area contributed by atoms with Crippen molar-refractivity contribution in [3.8, 4) is 0 Å². The lowest BCUT2D eigenvalue weighted by Crippen LogP contribution is -2.59. The third-order valence-corrected chi connectivity index (χ3v) is 3.07. The van der Waals surface area contributed by atoms with Gasteiger partial charge in [0.05, 0.1) is 6.42 Å². The minimum Gasteiger partial charge on any atom is -0.339 e. The topological polar surface area (TPSA) is 40.6 Å². The van der Waals surface area contributed by atoms with E-state index in [1.807, 2.05) is 0 Å². The molecule has 1 saturated heterocycles. The Morgan fingerprint density at radius 3 is 2.33 bits per heavy atom. The summed E-state index contributed by atoms with van der Waals surface area (Å²) in [5.74, 6) is -0.0968. The van der Waals surface area contributed by atoms with Crippen LogP contribution in [0.1, 0.15) is 27.2 Å². The van der Waals surface area contributed by atoms with Crippen molar-refractivity contribution in [1.29, 1.82) is 0 Å². The molecule has 1 heterocycles. The highest BCUT2D eigenvalue weighted by molar-refractivity contribution is 5.96. The number of likely N-dealkylation sites (N-methyl/N-ethyl adjacent to an activating group) is 1. The lowest BCUT2D eigenvalue weighted by Gasteiger charge is -2.45. The number of hydrogen-bond acceptors (Lipinski definition) is 3. The number of hydrogen-bond donors (Lipinski definition) is 0. The van der Waals surface area contributed by atoms with Crippen LogP contribution in [0.15, 0.2) is 0 Å². The van der Waals surface area contributed by atoms with Crippen LogP contribution in [0, 0.1) is 0 Å². The minimum absolute atomic E-state index is 0.00466. The number of carbonyl (C=O) groups is 2. The predicted molar refractivity (Wildman–Crippen MR) is 58.6 cm³/mol. The van der Waals surface area contributed by atoms with Crippen LogP contribution in [0.3, 0.4) is 0 Å². The summed E-state index contributed by atoms with van der Waals surface area (Å²) < 4.78 is 0. The van der Waals surface area contributed by atoms with Gasteiger partial charge in [-0.05, 0) is 27.8 Å². The molecule has 0 atom stereocenters. The molecule has 86 valence electrons. The third kappa shape index (κ3) is 3.02. The zero-order chi connectivity index (χ0) is 11.6. The number of Topliss-reactive ketones (excluding diaryl/α,β-unsaturated/α-hetero) is 1. The van der Waals surface area contributed by atoms with Crippen molar-refractivity contribution >= 4 is 11.7 Å². The smallest absolute Gasteiger partial charge is 0.230 e. The Kier molecular flexibility index (Phi) is 3.50. The molecule has 1 aliphatic rings. The van der Waals surface area contributed by atoms with E-state index >= 15 is 0 Å². The van der Waals surface area contributed by atoms with Crippen molar-refractivity contribution in [2.24, 2.45) is 0 Å². The van der Waals surface area contributed by atoms with Gasteiger partial charge in [-0.25, -0.2) is 0 Å². The van der Waals surface area contributed by atoms with Gasteiger partial charge in [0.25, 0.3) is 0 Å². The zero-order valence-electron chi connectivity index (χ0n) is 10.0. The Morgan fingerprint density at radius 1 is 1.27 bits per heavy atom. The first-order valence-corrected chi connectivity index (χ1v) is 5.31. The van der Waals surface area contributed by atoms with Crippen LogP contribution in [0.4, 0.5) is 0 Å². The molecule has 4 heteroatoms. The largest absolute Gasteiger partial charge is 0.339 e. The van der Waals surface area contributed by atoms with Crippen molar-refractivity contribution < 1.29 is 9.59 Å². The van der Waals surface area contributed by atoms with E-state index in [0.29, 0.717) is 6.54 Å². The second-order valence-corrected chi connectivity index (χ2v) is 4.93. The predicted octanol–water partition coefficient (Wildman–Crippen LogP) is 0.518. The van der Waals surface area contributed by atoms with Crippen molar-refractivity contribution in [3.05, 3.63) is 0 Å². The molecule has 0 aromatic rings. The van der Waals surface area contributed by atoms with Gasteiger partial charge in [0.2, 0.25) is 5.91 Å². The highest BCUT2D eigenvalue weighted by Crippen LogP contribution is 2.19. The molecule has 1 fully saturated rings. The summed E-state index contributed by atoms with van der Waals surface area (Å²) in [5.41, 5.74) is 0.00466. The highest BCUT2D eigenvalue weighted by atomic mass is 16.2. The number of piperazine rings is 1. The second kappa shape index (κ2) is 4.31. The molecule has 0 N–H and O–H groups in total. The summed E-state index contributed by atoms with van der Waals surface area (Å²) in [6, 6.07) is 0. The molecule has 0 aromatic heterocycles. The van der Waals surface area contributed by atoms with Gasteiger partial charge >= 0.3 is 0 Å². The Balaban J connectivity index is 2.59. The molecule has 0 radical (unpaired) electrons. The van der Waals surface area contributed by atoms with E-state index in [0.717, 1.165) is 13.1 Å². The van der Waals surface area contributed by atoms with Gasteiger partial charge in [-0.1, -0.05) is 0 Å². The van der Waals surface area contributed by atoms with Crippen molar-refractivity contribution in [3.63, 3.8) is 0 Å². The molecule has 0 saturated carbocycles. The van der Waals surface area contributed by atoms with Crippen LogP contribution < -0.4 is 0 Å². The summed E-state index contributed by atoms with van der Waals surface area (Å²) >= 11 is 0. The maximum atomic E-state index is 11.7. The van der Waals surface area contributed by atoms with Gasteiger partial charge in [0, 0.05) is 25.2 Å². The monoisotopic (exact) mass is 212 g/mol. The van der Waals surface area contributed by atoms with Gasteiger partial charge < -0.3 is 4.90 Å². The summed E-state index contributed by atoms with van der Waals surface area (Å²) in [4.78, 5) is 26.6. The molecule has 0 bridgehead atoms. The van der Waals surface area contributed by atoms with E-state index in [2.05, 4.69) is 25.8 Å². The van der Waals surface area contributed by atoms with Gasteiger partial charge in [0.15, 0.2) is 0 Å². The first-order valence-electron chi connectivity index (χ1n) is 5.31. The quantitative estimate of drug-likeness (QED) is 0.626. The Labute approximate surface area is 91.2 Å². The molecule has 1 amide bonds. The van der Waals surface area contributed by atoms with Gasteiger partial charge in [-0.15, -0.1) is 0 Å². The number of ketones is 1. The number of amides is 1. The van der Waals surface area contributed by atoms with Crippen molar-refractivity contribution in [2.45, 2.75) is 32.7 Å². The van der Waals surface area contributed by atoms with Crippen LogP contribution in [-0.4, -0.2) is 53.7 Å². The molecule has 0 aliphatic carbocycles. The van der Waals surface area contributed by atoms with Gasteiger partial charge in [-0.3, -0.25) is 14.5 Å². The van der Waals surface area contributed by atoms with Crippen LogP contribution in [0.25, 0.3) is 0 Å². The van der Waals surface area contributed by atoms with Crippen LogP contribution in [0.2, 0.25) is 0 Å². The van der Waals surface area contributed by atoms with Gasteiger partial charge in [0.1, 0.15) is 5.78 Å². The second-order valence-electron chi connectivity index (χ2n) is 4.93. The van der Waals surface area contributed by atoms with E-state index in [1.165, 1.54) is 6.92 Å². The molecule has 0 unspecified atom stereocenters. The van der Waals surface area contributed by atoms with E-state index < -0.39 is 0 Å². The van der Waals surface area contributed by atoms with Gasteiger partial charge in [-0.2, -0.15) is 0 Å². The highest BCUT2D eigenvalue weighted by Gasteiger charge is 2.33. The lowest BCUT2D eigenvalue weighted by molar-refractivity contribution is -0.138. The molecule has 0 aromatic carbocycles. The summed E-state index contributed by atoms with van der Waals surface area (Å²) in [6.07, 6.45) is 0.0415. The van der Waals surface area contributed by atoms with E-state index in [-0.39, 0.29) is 23.7 Å². The Hall–Kier alpha value is -0.900. The van der Waals surface area contributed by atoms with E-state index in [9.17, 15) is 9.59 Å². The zero-order valence-corrected chi connectivity index (χ0v) is 10.0. The lowest BCUT2D eigenvalue weighted by atomic mass is 9.99. The molecular formula is C11H20N2O2. The molecular weight excluding hydrogens is 192 g/mol. The van der Waals surface area contributed by atoms with E-state index in [1.54, 1.807) is 4.90 Å². The van der Waals surface area contributed by atoms with Crippen LogP contribution in [-0.2, 0) is 9.59 Å². The molecule has 1 rings (SSSR count). The average Bonchev–Trinajstić information content (AvgIpc) is 2.08. The van der Waals surface area contributed by atoms with E-state index in [4.69, 9.17) is 0 Å². The molecule has 15 heavy (non-hydrogen) atoms. The van der Waals surface area contributed by atoms with Crippen LogP contribution >= 0.6 is 0 Å². The summed E-state index contributed by atoms with van der Waals surface area (Å²) in [6.45, 7) is 7.98. The summed E-state index contributed by atoms with van der Waals surface area (Å²) in [5, 5.41) is 0. The molecule has 1 aliphatic heterocycles. The standard InChI is InChI=1S/C11H20N2O2/c1-9(14)7-10(15)13-6-5-12(4)11(2,3)8-13/h5-8H2,1-4H3. The van der Waals surface area contributed by atoms with Crippen LogP contribution in [0.5, 0.6) is 0 Å². The maximum absolute atomic E-state index is 11.7. The number of rotatable bonds is 2. The SMILES string of the molecule is CC(=O)CC(=O)N1CCN(C)C(C)(C)C1. The fourth-order valence-corrected chi connectivity index (χ4v) is 1.78. The molecule has 0 spiro atoms. The number of nitrogens with zero attached hydrogens (tertiary/aromatic N) is 2. The normalized spacial score (nSPS) is 21.5. The Bertz CT molecular complexity index is 274. The fourth-order valence-electron chi connectivity index (χ4n) is 1.78. The van der Waals surface area contributed by atoms with Crippen molar-refractivity contribution in [1.82, 2.24) is 9.80 Å². The first kappa shape index (κ1) is 12.2. The maximum Gasteiger partial charge on any atom is 0.230 e. The Morgan fingerprint density at radius 2 is 1.87 bits per heavy atom. The minimum atomic E-state index is -0.0586. The molecule has 4 nitrogen and oxygen atoms in total. The fraction of sp³-hybridized carbons (Fsp3) is 0.818.